The van der Waals surface area contributed by atoms with Gasteiger partial charge in [-0.1, -0.05) is 103 Å². The van der Waals surface area contributed by atoms with E-state index in [0.29, 0.717) is 34.2 Å². The summed E-state index contributed by atoms with van der Waals surface area (Å²) in [7, 11) is 0. The van der Waals surface area contributed by atoms with Crippen molar-refractivity contribution in [2.75, 3.05) is 0 Å². The maximum Gasteiger partial charge on any atom is 0.208 e. The van der Waals surface area contributed by atoms with Crippen LogP contribution in [0.25, 0.3) is 116 Å². The standard InChI is InChI=1S/C52H31N5O6S/c58-44-41(45(59)47(61)48(62)46(44)60)29-21-23-36-33(25-29)31-15-7-8-17-35(31)57(36)37-18-10-20-39-43(37)42-32(16-9-19-38(42)63-39)51-55-49(27-11-3-1-4-12-27)54-50(56-51)30-22-24-40-34(26-30)53-52(64-40)28-13-5-2-6-14-28/h1-26,58-62H. The van der Waals surface area contributed by atoms with E-state index in [1.54, 1.807) is 23.5 Å². The number of phenolic OH excluding ortho intramolecular Hbond substituents is 5. The minimum Gasteiger partial charge on any atom is -0.504 e. The average Bonchev–Trinajstić information content (AvgIpc) is 4.05. The molecule has 0 radical (unpaired) electrons. The second kappa shape index (κ2) is 14.2. The van der Waals surface area contributed by atoms with Crippen molar-refractivity contribution in [3.8, 4) is 90.3 Å². The van der Waals surface area contributed by atoms with Crippen LogP contribution in [0.3, 0.4) is 0 Å². The van der Waals surface area contributed by atoms with E-state index in [-0.39, 0.29) is 5.56 Å². The predicted octanol–water partition coefficient (Wildman–Crippen LogP) is 12.3. The molecular weight excluding hydrogens is 823 g/mol. The van der Waals surface area contributed by atoms with Crippen molar-refractivity contribution in [2.45, 2.75) is 0 Å². The molecule has 0 saturated heterocycles. The number of furan rings is 1. The van der Waals surface area contributed by atoms with Crippen LogP contribution < -0.4 is 0 Å². The molecule has 0 aliphatic rings. The lowest BCUT2D eigenvalue weighted by Crippen LogP contribution is -2.00. The molecule has 11 nitrogen and oxygen atoms in total. The van der Waals surface area contributed by atoms with Crippen LogP contribution >= 0.6 is 11.3 Å². The van der Waals surface area contributed by atoms with Crippen LogP contribution in [0, 0.1) is 0 Å². The first-order valence-corrected chi connectivity index (χ1v) is 21.1. The Labute approximate surface area is 366 Å². The van der Waals surface area contributed by atoms with Crippen molar-refractivity contribution >= 4 is 65.3 Å². The fraction of sp³-hybridized carbons (Fsp3) is 0. The molecule has 4 heterocycles. The highest BCUT2D eigenvalue weighted by Gasteiger charge is 2.26. The van der Waals surface area contributed by atoms with E-state index in [1.165, 1.54) is 0 Å². The molecule has 0 spiro atoms. The monoisotopic (exact) mass is 853 g/mol. The van der Waals surface area contributed by atoms with Gasteiger partial charge in [-0.25, -0.2) is 19.9 Å². The van der Waals surface area contributed by atoms with Gasteiger partial charge in [-0.05, 0) is 60.2 Å². The van der Waals surface area contributed by atoms with E-state index < -0.39 is 28.7 Å². The lowest BCUT2D eigenvalue weighted by atomic mass is 9.99. The topological polar surface area (TPSA) is 171 Å². The maximum absolute atomic E-state index is 10.9. The van der Waals surface area contributed by atoms with Crippen molar-refractivity contribution in [3.05, 3.63) is 158 Å². The van der Waals surface area contributed by atoms with Gasteiger partial charge in [0.25, 0.3) is 0 Å². The van der Waals surface area contributed by atoms with Crippen LogP contribution in [-0.2, 0) is 0 Å². The second-order valence-electron chi connectivity index (χ2n) is 15.4. The third-order valence-corrected chi connectivity index (χ3v) is 12.7. The van der Waals surface area contributed by atoms with Gasteiger partial charge in [0.05, 0.1) is 37.9 Å². The number of fused-ring (bicyclic) bond motifs is 7. The molecule has 12 aromatic rings. The van der Waals surface area contributed by atoms with Crippen molar-refractivity contribution in [1.29, 1.82) is 0 Å². The Bertz CT molecular complexity index is 3830. The van der Waals surface area contributed by atoms with Gasteiger partial charge < -0.3 is 34.5 Å². The first-order chi connectivity index (χ1) is 31.3. The number of phenols is 5. The number of thiazole rings is 1. The quantitative estimate of drug-likeness (QED) is 0.0801. The summed E-state index contributed by atoms with van der Waals surface area (Å²) >= 11 is 1.64. The molecule has 0 atom stereocenters. The normalized spacial score (nSPS) is 11.8. The Balaban J connectivity index is 1.07. The first-order valence-electron chi connectivity index (χ1n) is 20.3. The summed E-state index contributed by atoms with van der Waals surface area (Å²) in [5, 5.41) is 56.7. The number of nitrogens with zero attached hydrogens (tertiary/aromatic N) is 5. The van der Waals surface area contributed by atoms with E-state index in [0.717, 1.165) is 75.7 Å². The van der Waals surface area contributed by atoms with Crippen LogP contribution in [0.1, 0.15) is 0 Å². The summed E-state index contributed by atoms with van der Waals surface area (Å²) in [6, 6.07) is 51.0. The lowest BCUT2D eigenvalue weighted by molar-refractivity contribution is 0.330. The van der Waals surface area contributed by atoms with E-state index in [2.05, 4.69) is 22.8 Å². The number of benzene rings is 8. The van der Waals surface area contributed by atoms with Crippen LogP contribution in [0.2, 0.25) is 0 Å². The summed E-state index contributed by atoms with van der Waals surface area (Å²) in [6.45, 7) is 0. The molecule has 12 heteroatoms. The van der Waals surface area contributed by atoms with Crippen LogP contribution in [0.15, 0.2) is 162 Å². The first kappa shape index (κ1) is 37.1. The zero-order valence-corrected chi connectivity index (χ0v) is 34.1. The molecule has 0 unspecified atom stereocenters. The van der Waals surface area contributed by atoms with Gasteiger partial charge in [0.15, 0.2) is 29.0 Å². The Morgan fingerprint density at radius 1 is 0.438 bits per heavy atom. The van der Waals surface area contributed by atoms with Gasteiger partial charge in [0.1, 0.15) is 16.2 Å². The second-order valence-corrected chi connectivity index (χ2v) is 16.4. The van der Waals surface area contributed by atoms with Crippen LogP contribution in [-0.4, -0.2) is 50.0 Å². The fourth-order valence-corrected chi connectivity index (χ4v) is 9.63. The Hall–Kier alpha value is -8.74. The van der Waals surface area contributed by atoms with E-state index in [1.807, 2.05) is 127 Å². The van der Waals surface area contributed by atoms with Crippen LogP contribution in [0.5, 0.6) is 28.7 Å². The number of para-hydroxylation sites is 1. The maximum atomic E-state index is 10.9. The van der Waals surface area contributed by atoms with Crippen molar-refractivity contribution < 1.29 is 29.9 Å². The molecule has 0 saturated carbocycles. The van der Waals surface area contributed by atoms with Gasteiger partial charge in [0, 0.05) is 38.4 Å². The van der Waals surface area contributed by atoms with Gasteiger partial charge in [0.2, 0.25) is 17.2 Å². The zero-order valence-electron chi connectivity index (χ0n) is 33.3. The fourth-order valence-electron chi connectivity index (χ4n) is 8.68. The highest BCUT2D eigenvalue weighted by atomic mass is 32.1. The summed E-state index contributed by atoms with van der Waals surface area (Å²) in [4.78, 5) is 20.3. The molecule has 0 aliphatic heterocycles. The molecule has 8 aromatic carbocycles. The molecular formula is C52H31N5O6S. The van der Waals surface area contributed by atoms with Gasteiger partial charge in [-0.2, -0.15) is 0 Å². The minimum absolute atomic E-state index is 0.228. The molecule has 0 aliphatic carbocycles. The van der Waals surface area contributed by atoms with Gasteiger partial charge in [-0.15, -0.1) is 11.3 Å². The number of rotatable bonds is 6. The molecule has 5 N–H and O–H groups in total. The molecule has 0 bridgehead atoms. The van der Waals surface area contributed by atoms with E-state index in [9.17, 15) is 25.5 Å². The summed E-state index contributed by atoms with van der Waals surface area (Å²) in [6.07, 6.45) is 0. The molecule has 64 heavy (non-hydrogen) atoms. The zero-order chi connectivity index (χ0) is 43.2. The van der Waals surface area contributed by atoms with Gasteiger partial charge in [-0.3, -0.25) is 0 Å². The number of hydrogen-bond donors (Lipinski definition) is 5. The van der Waals surface area contributed by atoms with Crippen LogP contribution in [0.4, 0.5) is 0 Å². The Morgan fingerprint density at radius 3 is 1.81 bits per heavy atom. The summed E-state index contributed by atoms with van der Waals surface area (Å²) in [5.74, 6) is -2.97. The van der Waals surface area contributed by atoms with E-state index >= 15 is 0 Å². The Kier molecular flexibility index (Phi) is 8.20. The molecule has 4 aromatic heterocycles. The van der Waals surface area contributed by atoms with Crippen molar-refractivity contribution in [3.63, 3.8) is 0 Å². The Morgan fingerprint density at radius 2 is 1.05 bits per heavy atom. The number of aromatic nitrogens is 5. The minimum atomic E-state index is -1.02. The predicted molar refractivity (Wildman–Crippen MR) is 250 cm³/mol. The number of aromatic hydroxyl groups is 5. The average molecular weight is 854 g/mol. The third kappa shape index (κ3) is 5.66. The highest BCUT2D eigenvalue weighted by molar-refractivity contribution is 7.21. The highest BCUT2D eigenvalue weighted by Crippen LogP contribution is 2.55. The largest absolute Gasteiger partial charge is 0.504 e. The summed E-state index contributed by atoms with van der Waals surface area (Å²) < 4.78 is 9.80. The molecule has 12 rings (SSSR count). The number of hydrogen-bond acceptors (Lipinski definition) is 11. The third-order valence-electron chi connectivity index (χ3n) is 11.6. The molecule has 0 fully saturated rings. The van der Waals surface area contributed by atoms with Crippen molar-refractivity contribution in [2.24, 2.45) is 0 Å². The van der Waals surface area contributed by atoms with E-state index in [4.69, 9.17) is 24.4 Å². The smallest absolute Gasteiger partial charge is 0.208 e. The SMILES string of the molecule is Oc1c(O)c(O)c(-c2ccc3c(c2)c2ccccc2n3-c2cccc3oc4cccc(-c5nc(-c6ccccc6)nc(-c6ccc7sc(-c8ccccc8)nc7c6)n5)c4c23)c(O)c1O. The lowest BCUT2D eigenvalue weighted by Gasteiger charge is -2.13. The van der Waals surface area contributed by atoms with Gasteiger partial charge >= 0.3 is 0 Å². The van der Waals surface area contributed by atoms with Crippen molar-refractivity contribution in [1.82, 2.24) is 24.5 Å². The molecule has 306 valence electrons. The molecule has 0 amide bonds. The summed E-state index contributed by atoms with van der Waals surface area (Å²) in [5.41, 5.74) is 8.11.